The Labute approximate surface area is 95.1 Å². The average molecular weight is 241 g/mol. The van der Waals surface area contributed by atoms with Gasteiger partial charge in [-0.1, -0.05) is 0 Å². The molecule has 0 saturated heterocycles. The predicted molar refractivity (Wildman–Crippen MR) is 60.2 cm³/mol. The number of nitrogens with two attached hydrogens (primary N) is 1. The van der Waals surface area contributed by atoms with Crippen LogP contribution in [0.15, 0.2) is 29.4 Å². The highest BCUT2D eigenvalue weighted by atomic mass is 32.2. The van der Waals surface area contributed by atoms with Crippen LogP contribution in [0.25, 0.3) is 0 Å². The minimum atomic E-state index is -3.46. The van der Waals surface area contributed by atoms with Crippen molar-refractivity contribution in [1.82, 2.24) is 9.71 Å². The zero-order valence-corrected chi connectivity index (χ0v) is 9.70. The van der Waals surface area contributed by atoms with E-state index >= 15 is 0 Å². The highest BCUT2D eigenvalue weighted by Gasteiger charge is 2.33. The molecule has 3 N–H and O–H groups in total. The lowest BCUT2D eigenvalue weighted by molar-refractivity contribution is 0.251. The molecule has 1 fully saturated rings. The first kappa shape index (κ1) is 11.5. The quantitative estimate of drug-likeness (QED) is 0.791. The van der Waals surface area contributed by atoms with E-state index in [4.69, 9.17) is 5.73 Å². The van der Waals surface area contributed by atoms with Gasteiger partial charge in [-0.05, 0) is 31.4 Å². The van der Waals surface area contributed by atoms with Crippen molar-refractivity contribution in [3.05, 3.63) is 24.5 Å². The molecule has 0 spiro atoms. The van der Waals surface area contributed by atoms with E-state index in [1.54, 1.807) is 6.07 Å². The smallest absolute Gasteiger partial charge is 0.242 e. The summed E-state index contributed by atoms with van der Waals surface area (Å²) in [6, 6.07) is 3.11. The largest absolute Gasteiger partial charge is 0.324 e. The van der Waals surface area contributed by atoms with Crippen molar-refractivity contribution in [1.29, 1.82) is 0 Å². The van der Waals surface area contributed by atoms with Gasteiger partial charge in [0.25, 0.3) is 0 Å². The molecule has 0 aromatic carbocycles. The maximum atomic E-state index is 11.8. The van der Waals surface area contributed by atoms with Crippen molar-refractivity contribution < 1.29 is 8.42 Å². The fourth-order valence-electron chi connectivity index (χ4n) is 1.64. The van der Waals surface area contributed by atoms with Crippen molar-refractivity contribution in [3.8, 4) is 0 Å². The van der Waals surface area contributed by atoms with Crippen LogP contribution in [0, 0.1) is 0 Å². The van der Waals surface area contributed by atoms with Gasteiger partial charge in [0.15, 0.2) is 0 Å². The van der Waals surface area contributed by atoms with E-state index in [-0.39, 0.29) is 10.4 Å². The van der Waals surface area contributed by atoms with Gasteiger partial charge < -0.3 is 5.73 Å². The van der Waals surface area contributed by atoms with Crippen LogP contribution in [0.5, 0.6) is 0 Å². The molecule has 1 aliphatic rings. The van der Waals surface area contributed by atoms with Gasteiger partial charge in [0, 0.05) is 24.5 Å². The summed E-state index contributed by atoms with van der Waals surface area (Å²) in [5, 5.41) is 0. The van der Waals surface area contributed by atoms with Gasteiger partial charge in [0.1, 0.15) is 4.90 Å². The summed E-state index contributed by atoms with van der Waals surface area (Å²) in [5.74, 6) is 0. The van der Waals surface area contributed by atoms with Crippen molar-refractivity contribution >= 4 is 10.0 Å². The fourth-order valence-corrected chi connectivity index (χ4v) is 2.74. The number of pyridine rings is 1. The number of rotatable bonds is 4. The van der Waals surface area contributed by atoms with Crippen LogP contribution in [0.1, 0.15) is 19.3 Å². The third-order valence-corrected chi connectivity index (χ3v) is 4.29. The van der Waals surface area contributed by atoms with Gasteiger partial charge in [-0.15, -0.1) is 0 Å². The van der Waals surface area contributed by atoms with Gasteiger partial charge in [-0.2, -0.15) is 0 Å². The molecule has 88 valence electrons. The van der Waals surface area contributed by atoms with Crippen molar-refractivity contribution in [2.45, 2.75) is 29.7 Å². The Balaban J connectivity index is 2.04. The summed E-state index contributed by atoms with van der Waals surface area (Å²) in [5.41, 5.74) is 5.59. The van der Waals surface area contributed by atoms with Crippen LogP contribution in [0.2, 0.25) is 0 Å². The van der Waals surface area contributed by atoms with Crippen LogP contribution in [-0.4, -0.2) is 25.5 Å². The number of nitrogens with one attached hydrogen (secondary N) is 1. The van der Waals surface area contributed by atoms with Crippen LogP contribution < -0.4 is 10.5 Å². The second kappa shape index (κ2) is 4.12. The maximum absolute atomic E-state index is 11.8. The second-order valence-corrected chi connectivity index (χ2v) is 6.00. The van der Waals surface area contributed by atoms with E-state index in [0.29, 0.717) is 6.54 Å². The summed E-state index contributed by atoms with van der Waals surface area (Å²) in [6.07, 6.45) is 5.69. The van der Waals surface area contributed by atoms with E-state index in [2.05, 4.69) is 9.71 Å². The second-order valence-electron chi connectivity index (χ2n) is 4.23. The van der Waals surface area contributed by atoms with Gasteiger partial charge in [-0.3, -0.25) is 4.98 Å². The Bertz CT molecular complexity index is 454. The van der Waals surface area contributed by atoms with Crippen molar-refractivity contribution in [2.75, 3.05) is 6.54 Å². The van der Waals surface area contributed by atoms with Crippen LogP contribution in [-0.2, 0) is 10.0 Å². The number of aromatic nitrogens is 1. The van der Waals surface area contributed by atoms with Crippen LogP contribution in [0.3, 0.4) is 0 Å². The SMILES string of the molecule is NC1(CNS(=O)(=O)c2cccnc2)CCC1. The zero-order chi connectivity index (χ0) is 11.6. The molecule has 0 amide bonds. The Morgan fingerprint density at radius 2 is 2.25 bits per heavy atom. The molecule has 0 unspecified atom stereocenters. The average Bonchev–Trinajstić information content (AvgIpc) is 2.25. The normalized spacial score (nSPS) is 19.1. The summed E-state index contributed by atoms with van der Waals surface area (Å²) in [7, 11) is -3.46. The van der Waals surface area contributed by atoms with Crippen molar-refractivity contribution in [3.63, 3.8) is 0 Å². The molecule has 1 aromatic heterocycles. The molecular formula is C10H15N3O2S. The molecule has 6 heteroatoms. The topological polar surface area (TPSA) is 85.1 Å². The molecule has 0 atom stereocenters. The Morgan fingerprint density at radius 1 is 1.50 bits per heavy atom. The minimum Gasteiger partial charge on any atom is -0.324 e. The highest BCUT2D eigenvalue weighted by molar-refractivity contribution is 7.89. The van der Waals surface area contributed by atoms with E-state index < -0.39 is 10.0 Å². The van der Waals surface area contributed by atoms with Crippen molar-refractivity contribution in [2.24, 2.45) is 5.73 Å². The summed E-state index contributed by atoms with van der Waals surface area (Å²) < 4.78 is 26.1. The zero-order valence-electron chi connectivity index (χ0n) is 8.89. The highest BCUT2D eigenvalue weighted by Crippen LogP contribution is 2.28. The molecule has 1 aliphatic carbocycles. The summed E-state index contributed by atoms with van der Waals surface area (Å²) in [4.78, 5) is 3.96. The lowest BCUT2D eigenvalue weighted by Gasteiger charge is -2.37. The van der Waals surface area contributed by atoms with Crippen LogP contribution >= 0.6 is 0 Å². The molecule has 1 saturated carbocycles. The van der Waals surface area contributed by atoms with Gasteiger partial charge in [0.2, 0.25) is 10.0 Å². The Kier molecular flexibility index (Phi) is 2.96. The standard InChI is InChI=1S/C10H15N3O2S/c11-10(4-2-5-10)8-13-16(14,15)9-3-1-6-12-7-9/h1,3,6-7,13H,2,4-5,8,11H2. The summed E-state index contributed by atoms with van der Waals surface area (Å²) >= 11 is 0. The van der Waals surface area contributed by atoms with E-state index in [9.17, 15) is 8.42 Å². The third kappa shape index (κ3) is 2.40. The fraction of sp³-hybridized carbons (Fsp3) is 0.500. The minimum absolute atomic E-state index is 0.179. The number of nitrogens with zero attached hydrogens (tertiary/aromatic N) is 1. The number of hydrogen-bond donors (Lipinski definition) is 2. The molecule has 1 aromatic rings. The first-order valence-corrected chi connectivity index (χ1v) is 6.69. The molecule has 5 nitrogen and oxygen atoms in total. The first-order chi connectivity index (χ1) is 7.52. The molecule has 0 bridgehead atoms. The molecular weight excluding hydrogens is 226 g/mol. The first-order valence-electron chi connectivity index (χ1n) is 5.20. The molecule has 2 rings (SSSR count). The van der Waals surface area contributed by atoms with Crippen LogP contribution in [0.4, 0.5) is 0 Å². The van der Waals surface area contributed by atoms with Gasteiger partial charge in [-0.25, -0.2) is 13.1 Å². The predicted octanol–water partition coefficient (Wildman–Crippen LogP) is 0.241. The summed E-state index contributed by atoms with van der Waals surface area (Å²) in [6.45, 7) is 0.296. The molecule has 16 heavy (non-hydrogen) atoms. The molecule has 0 radical (unpaired) electrons. The molecule has 0 aliphatic heterocycles. The van der Waals surface area contributed by atoms with Gasteiger partial charge >= 0.3 is 0 Å². The maximum Gasteiger partial charge on any atom is 0.242 e. The Hall–Kier alpha value is -0.980. The number of hydrogen-bond acceptors (Lipinski definition) is 4. The lowest BCUT2D eigenvalue weighted by Crippen LogP contribution is -2.54. The molecule has 1 heterocycles. The van der Waals surface area contributed by atoms with E-state index in [1.165, 1.54) is 18.5 Å². The Morgan fingerprint density at radius 3 is 2.75 bits per heavy atom. The third-order valence-electron chi connectivity index (χ3n) is 2.91. The van der Waals surface area contributed by atoms with E-state index in [1.807, 2.05) is 0 Å². The number of sulfonamides is 1. The monoisotopic (exact) mass is 241 g/mol. The van der Waals surface area contributed by atoms with E-state index in [0.717, 1.165) is 19.3 Å². The van der Waals surface area contributed by atoms with Gasteiger partial charge in [0.05, 0.1) is 0 Å². The lowest BCUT2D eigenvalue weighted by atomic mass is 9.78.